The monoisotopic (exact) mass is 605 g/mol. The van der Waals surface area contributed by atoms with Gasteiger partial charge in [-0.1, -0.05) is 98.8 Å². The highest BCUT2D eigenvalue weighted by Gasteiger charge is 2.38. The number of hydrogen-bond donors (Lipinski definition) is 3. The first-order chi connectivity index (χ1) is 19.4. The molecule has 0 amide bonds. The van der Waals surface area contributed by atoms with Gasteiger partial charge in [0.15, 0.2) is 0 Å². The molecule has 0 aromatic carbocycles. The van der Waals surface area contributed by atoms with E-state index < -0.39 is 18.1 Å². The van der Waals surface area contributed by atoms with Crippen LogP contribution >= 0.6 is 12.6 Å². The van der Waals surface area contributed by atoms with Gasteiger partial charge in [-0.15, -0.1) is 0 Å². The number of aliphatic hydroxyl groups is 2. The van der Waals surface area contributed by atoms with Crippen molar-refractivity contribution in [2.45, 2.75) is 131 Å². The Morgan fingerprint density at radius 2 is 1.81 bits per heavy atom. The topological polar surface area (TPSA) is 53.4 Å². The van der Waals surface area contributed by atoms with Gasteiger partial charge in [0.05, 0.1) is 12.2 Å². The van der Waals surface area contributed by atoms with Crippen LogP contribution in [0.4, 0.5) is 8.78 Å². The van der Waals surface area contributed by atoms with Gasteiger partial charge < -0.3 is 10.2 Å². The number of allylic oxidation sites excluding steroid dienone is 6. The van der Waals surface area contributed by atoms with Gasteiger partial charge in [0.2, 0.25) is 0 Å². The lowest BCUT2D eigenvalue weighted by atomic mass is 9.71. The number of aliphatic hydroxyl groups excluding tert-OH is 2. The van der Waals surface area contributed by atoms with Crippen molar-refractivity contribution < 1.29 is 19.0 Å². The summed E-state index contributed by atoms with van der Waals surface area (Å²) < 4.78 is 27.8. The lowest BCUT2D eigenvalue weighted by molar-refractivity contribution is 0.0674. The third-order valence-electron chi connectivity index (χ3n) is 7.87. The van der Waals surface area contributed by atoms with Crippen molar-refractivity contribution in [3.63, 3.8) is 0 Å². The number of pyridine rings is 1. The Hall–Kier alpha value is -1.76. The van der Waals surface area contributed by atoms with Gasteiger partial charge in [0.1, 0.15) is 0 Å². The number of alkyl halides is 2. The molecule has 0 saturated heterocycles. The fraction of sp³-hybridized carbons (Fsp3) is 0.639. The number of fused-ring (bicyclic) bond motifs is 1. The van der Waals surface area contributed by atoms with E-state index in [0.29, 0.717) is 11.8 Å². The quantitative estimate of drug-likeness (QED) is 0.204. The molecule has 238 valence electrons. The van der Waals surface area contributed by atoms with E-state index in [1.165, 1.54) is 24.6 Å². The van der Waals surface area contributed by atoms with E-state index in [-0.39, 0.29) is 23.3 Å². The molecule has 2 atom stereocenters. The summed E-state index contributed by atoms with van der Waals surface area (Å²) in [5.74, 6) is -2.93. The van der Waals surface area contributed by atoms with E-state index in [1.54, 1.807) is 12.3 Å². The van der Waals surface area contributed by atoms with Gasteiger partial charge in [-0.05, 0) is 72.7 Å². The molecule has 0 aliphatic heterocycles. The highest BCUT2D eigenvalue weighted by Crippen LogP contribution is 2.48. The molecular weight excluding hydrogens is 548 g/mol. The zero-order valence-corrected chi connectivity index (χ0v) is 28.7. The van der Waals surface area contributed by atoms with Gasteiger partial charge in [-0.3, -0.25) is 4.98 Å². The maximum absolute atomic E-state index is 13.9. The molecule has 1 aromatic heterocycles. The van der Waals surface area contributed by atoms with Crippen LogP contribution in [0.1, 0.15) is 147 Å². The summed E-state index contributed by atoms with van der Waals surface area (Å²) in [7, 11) is 0. The van der Waals surface area contributed by atoms with Crippen LogP contribution in [0.25, 0.3) is 5.57 Å². The van der Waals surface area contributed by atoms with Crippen LogP contribution < -0.4 is 0 Å². The Morgan fingerprint density at radius 3 is 2.26 bits per heavy atom. The van der Waals surface area contributed by atoms with Gasteiger partial charge in [-0.25, -0.2) is 8.78 Å². The van der Waals surface area contributed by atoms with Crippen LogP contribution in [-0.2, 0) is 6.42 Å². The number of nitrogens with zero attached hydrogens (tertiary/aromatic N) is 1. The third kappa shape index (κ3) is 11.1. The predicted molar refractivity (Wildman–Crippen MR) is 179 cm³/mol. The Morgan fingerprint density at radius 1 is 1.21 bits per heavy atom. The number of hydrogen-bond acceptors (Lipinski definition) is 4. The molecule has 3 nitrogen and oxygen atoms in total. The standard InChI is InChI=1S/C29H39F2NO2.C6H14.CH4S/c1-7-11-20(29(6,30)31)14-10-15-22(33)26-24(19-12-8-9-13-19)25-21(32-27(26)18(2)3)16-28(4,5)17-23(25)34;1-5-6(2,3)4;1-2/h7,10-12,14,18,22-23,33-34H,1,8-9,13,15-17H2,2-6H3;5H2,1-4H3;2H,1H3/b14-10-,20-11+;;. The molecule has 1 heterocycles. The van der Waals surface area contributed by atoms with E-state index >= 15 is 0 Å². The smallest absolute Gasteiger partial charge is 0.270 e. The zero-order valence-electron chi connectivity index (χ0n) is 27.8. The van der Waals surface area contributed by atoms with E-state index in [9.17, 15) is 19.0 Å². The maximum atomic E-state index is 13.9. The summed E-state index contributed by atoms with van der Waals surface area (Å²) >= 11 is 3.53. The van der Waals surface area contributed by atoms with Gasteiger partial charge in [0, 0.05) is 35.0 Å². The molecule has 42 heavy (non-hydrogen) atoms. The second-order valence-corrected chi connectivity index (χ2v) is 13.8. The predicted octanol–water partition coefficient (Wildman–Crippen LogP) is 10.5. The van der Waals surface area contributed by atoms with Gasteiger partial charge in [-0.2, -0.15) is 12.6 Å². The van der Waals surface area contributed by atoms with Crippen molar-refractivity contribution in [3.05, 3.63) is 70.6 Å². The number of aromatic nitrogens is 1. The van der Waals surface area contributed by atoms with E-state index in [1.807, 2.05) is 0 Å². The molecule has 1 aromatic rings. The Labute approximate surface area is 260 Å². The largest absolute Gasteiger partial charge is 0.388 e. The van der Waals surface area contributed by atoms with Crippen molar-refractivity contribution >= 4 is 18.2 Å². The summed E-state index contributed by atoms with van der Waals surface area (Å²) in [4.78, 5) is 5.01. The molecule has 0 spiro atoms. The van der Waals surface area contributed by atoms with Crippen LogP contribution in [0.2, 0.25) is 0 Å². The third-order valence-corrected chi connectivity index (χ3v) is 7.87. The molecule has 2 unspecified atom stereocenters. The molecule has 0 fully saturated rings. The molecule has 6 heteroatoms. The number of rotatable bonds is 8. The minimum absolute atomic E-state index is 0.0584. The van der Waals surface area contributed by atoms with Gasteiger partial charge >= 0.3 is 0 Å². The summed E-state index contributed by atoms with van der Waals surface area (Å²) in [6.07, 6.45) is 13.7. The second-order valence-electron chi connectivity index (χ2n) is 13.8. The zero-order chi connectivity index (χ0) is 32.5. The van der Waals surface area contributed by atoms with E-state index in [4.69, 9.17) is 4.98 Å². The van der Waals surface area contributed by atoms with Crippen molar-refractivity contribution in [1.29, 1.82) is 0 Å². The lowest BCUT2D eigenvalue weighted by Gasteiger charge is -2.37. The fourth-order valence-corrected chi connectivity index (χ4v) is 5.27. The Kier molecular flexibility index (Phi) is 14.9. The first-order valence-electron chi connectivity index (χ1n) is 15.4. The molecule has 2 N–H and O–H groups in total. The first kappa shape index (κ1) is 38.3. The fourth-order valence-electron chi connectivity index (χ4n) is 5.27. The summed E-state index contributed by atoms with van der Waals surface area (Å²) in [6.45, 7) is 21.7. The SMILES string of the molecule is C=C/C=C(\C=C/CC(O)c1c(C(C)C)nc2c(c1C1=CCCC1)C(O)CC(C)(C)C2)C(C)(F)F.CCC(C)(C)C.CS. The summed E-state index contributed by atoms with van der Waals surface area (Å²) in [5, 5.41) is 22.6. The van der Waals surface area contributed by atoms with E-state index in [0.717, 1.165) is 66.3 Å². The summed E-state index contributed by atoms with van der Waals surface area (Å²) in [5.41, 5.74) is 5.77. The molecular formula is C36H57F2NO2S. The van der Waals surface area contributed by atoms with Crippen molar-refractivity contribution in [2.75, 3.05) is 6.26 Å². The highest BCUT2D eigenvalue weighted by molar-refractivity contribution is 7.79. The van der Waals surface area contributed by atoms with Crippen molar-refractivity contribution in [3.8, 4) is 0 Å². The normalized spacial score (nSPS) is 19.4. The minimum atomic E-state index is -3.00. The number of thiol groups is 1. The minimum Gasteiger partial charge on any atom is -0.388 e. The molecule has 2 aliphatic carbocycles. The number of halogens is 2. The molecule has 2 aliphatic rings. The second kappa shape index (κ2) is 16.4. The molecule has 0 saturated carbocycles. The first-order valence-corrected chi connectivity index (χ1v) is 16.3. The maximum Gasteiger partial charge on any atom is 0.270 e. The van der Waals surface area contributed by atoms with Crippen molar-refractivity contribution in [2.24, 2.45) is 10.8 Å². The molecule has 0 radical (unpaired) electrons. The molecule has 0 bridgehead atoms. The average molecular weight is 606 g/mol. The Bertz CT molecular complexity index is 1120. The summed E-state index contributed by atoms with van der Waals surface area (Å²) in [6, 6.07) is 0. The molecule has 3 rings (SSSR count). The van der Waals surface area contributed by atoms with Crippen molar-refractivity contribution in [1.82, 2.24) is 4.98 Å². The Balaban J connectivity index is 0.000000979. The van der Waals surface area contributed by atoms with Crippen LogP contribution in [0, 0.1) is 10.8 Å². The van der Waals surface area contributed by atoms with Crippen LogP contribution in [-0.4, -0.2) is 27.4 Å². The highest BCUT2D eigenvalue weighted by atomic mass is 32.1. The van der Waals surface area contributed by atoms with Gasteiger partial charge in [0.25, 0.3) is 5.92 Å². The van der Waals surface area contributed by atoms with Crippen LogP contribution in [0.5, 0.6) is 0 Å². The van der Waals surface area contributed by atoms with E-state index in [2.05, 4.69) is 80.7 Å². The van der Waals surface area contributed by atoms with Crippen LogP contribution in [0.3, 0.4) is 0 Å². The lowest BCUT2D eigenvalue weighted by Crippen LogP contribution is -2.29. The van der Waals surface area contributed by atoms with Crippen LogP contribution in [0.15, 0.2) is 42.5 Å². The average Bonchev–Trinajstić information content (AvgIpc) is 3.41.